The number of hydrogen-bond acceptors (Lipinski definition) is 3. The monoisotopic (exact) mass is 347 g/mol. The Balaban J connectivity index is 2.47. The zero-order chi connectivity index (χ0) is 19.2. The fourth-order valence-corrected chi connectivity index (χ4v) is 2.23. The third-order valence-electron chi connectivity index (χ3n) is 3.86. The van der Waals surface area contributed by atoms with Crippen molar-refractivity contribution in [3.8, 4) is 0 Å². The van der Waals surface area contributed by atoms with Gasteiger partial charge in [0.25, 0.3) is 0 Å². The maximum atomic E-state index is 12.2. The molecule has 0 aromatic heterocycles. The van der Waals surface area contributed by atoms with E-state index in [1.807, 2.05) is 52.8 Å². The number of para-hydroxylation sites is 1. The zero-order valence-electron chi connectivity index (χ0n) is 16.0. The molecule has 0 fully saturated rings. The third-order valence-corrected chi connectivity index (χ3v) is 3.86. The van der Waals surface area contributed by atoms with Crippen LogP contribution in [0.15, 0.2) is 18.2 Å². The van der Waals surface area contributed by atoms with E-state index in [1.165, 1.54) is 4.90 Å². The van der Waals surface area contributed by atoms with Crippen molar-refractivity contribution in [1.82, 2.24) is 10.2 Å². The molecular formula is C19H29N3O3. The molecule has 138 valence electrons. The summed E-state index contributed by atoms with van der Waals surface area (Å²) in [5.41, 5.74) is 2.26. The smallest absolute Gasteiger partial charge is 0.243 e. The fourth-order valence-electron chi connectivity index (χ4n) is 2.23. The minimum absolute atomic E-state index is 0.0280. The summed E-state index contributed by atoms with van der Waals surface area (Å²) in [6, 6.07) is 5.78. The molecule has 1 rings (SSSR count). The Kier molecular flexibility index (Phi) is 7.15. The van der Waals surface area contributed by atoms with Crippen LogP contribution in [0.1, 0.15) is 38.3 Å². The minimum Gasteiger partial charge on any atom is -0.355 e. The van der Waals surface area contributed by atoms with Gasteiger partial charge in [0.2, 0.25) is 17.7 Å². The molecule has 0 bridgehead atoms. The molecular weight excluding hydrogens is 318 g/mol. The Morgan fingerprint density at radius 1 is 1.08 bits per heavy atom. The molecule has 0 unspecified atom stereocenters. The van der Waals surface area contributed by atoms with Gasteiger partial charge in [-0.15, -0.1) is 0 Å². The molecule has 2 N–H and O–H groups in total. The molecule has 6 heteroatoms. The molecule has 0 aliphatic rings. The lowest BCUT2D eigenvalue weighted by molar-refractivity contribution is -0.133. The number of carbonyl (C=O) groups is 3. The molecule has 0 spiro atoms. The van der Waals surface area contributed by atoms with Crippen molar-refractivity contribution in [2.24, 2.45) is 5.41 Å². The Hall–Kier alpha value is -2.37. The molecule has 1 aromatic carbocycles. The lowest BCUT2D eigenvalue weighted by atomic mass is 9.96. The van der Waals surface area contributed by atoms with E-state index >= 15 is 0 Å². The first-order chi connectivity index (χ1) is 11.5. The summed E-state index contributed by atoms with van der Waals surface area (Å²) in [6.45, 7) is 9.53. The van der Waals surface area contributed by atoms with E-state index in [-0.39, 0.29) is 37.2 Å². The van der Waals surface area contributed by atoms with Crippen molar-refractivity contribution < 1.29 is 14.4 Å². The number of benzene rings is 1. The van der Waals surface area contributed by atoms with Crippen LogP contribution < -0.4 is 10.6 Å². The maximum absolute atomic E-state index is 12.2. The minimum atomic E-state index is -0.486. The van der Waals surface area contributed by atoms with Crippen molar-refractivity contribution in [2.45, 2.75) is 41.0 Å². The normalized spacial score (nSPS) is 11.0. The standard InChI is InChI=1S/C19H29N3O3/c1-13-8-7-9-14(2)17(13)21-15(23)12-22(6)16(24)10-11-20-18(25)19(3,4)5/h7-9H,10-12H2,1-6H3,(H,20,25)(H,21,23). The van der Waals surface area contributed by atoms with E-state index in [4.69, 9.17) is 0 Å². The zero-order valence-corrected chi connectivity index (χ0v) is 16.0. The van der Waals surface area contributed by atoms with E-state index in [9.17, 15) is 14.4 Å². The van der Waals surface area contributed by atoms with E-state index in [2.05, 4.69) is 10.6 Å². The molecule has 3 amide bonds. The second kappa shape index (κ2) is 8.65. The van der Waals surface area contributed by atoms with Crippen LogP contribution in [0.5, 0.6) is 0 Å². The number of carbonyl (C=O) groups excluding carboxylic acids is 3. The maximum Gasteiger partial charge on any atom is 0.243 e. The summed E-state index contributed by atoms with van der Waals surface area (Å²) in [5, 5.41) is 5.59. The average Bonchev–Trinajstić information content (AvgIpc) is 2.49. The fraction of sp³-hybridized carbons (Fsp3) is 0.526. The number of rotatable bonds is 6. The molecule has 6 nitrogen and oxygen atoms in total. The van der Waals surface area contributed by atoms with Crippen molar-refractivity contribution in [1.29, 1.82) is 0 Å². The summed E-state index contributed by atoms with van der Waals surface area (Å²) in [4.78, 5) is 37.4. The van der Waals surface area contributed by atoms with Crippen LogP contribution in [0.3, 0.4) is 0 Å². The van der Waals surface area contributed by atoms with Crippen molar-refractivity contribution in [3.63, 3.8) is 0 Å². The molecule has 0 atom stereocenters. The van der Waals surface area contributed by atoms with Gasteiger partial charge in [-0.3, -0.25) is 14.4 Å². The third kappa shape index (κ3) is 6.57. The van der Waals surface area contributed by atoms with Gasteiger partial charge < -0.3 is 15.5 Å². The molecule has 0 radical (unpaired) electrons. The first kappa shape index (κ1) is 20.7. The van der Waals surface area contributed by atoms with Crippen molar-refractivity contribution >= 4 is 23.4 Å². The van der Waals surface area contributed by atoms with E-state index in [0.29, 0.717) is 0 Å². The summed E-state index contributed by atoms with van der Waals surface area (Å²) < 4.78 is 0. The predicted molar refractivity (Wildman–Crippen MR) is 99.3 cm³/mol. The summed E-state index contributed by atoms with van der Waals surface area (Å²) in [6.07, 6.45) is 0.162. The van der Waals surface area contributed by atoms with Gasteiger partial charge in [-0.1, -0.05) is 39.0 Å². The topological polar surface area (TPSA) is 78.5 Å². The van der Waals surface area contributed by atoms with E-state index in [0.717, 1.165) is 16.8 Å². The highest BCUT2D eigenvalue weighted by atomic mass is 16.2. The highest BCUT2D eigenvalue weighted by Gasteiger charge is 2.21. The molecule has 0 aliphatic carbocycles. The van der Waals surface area contributed by atoms with Crippen LogP contribution in [0.4, 0.5) is 5.69 Å². The number of anilines is 1. The van der Waals surface area contributed by atoms with Crippen molar-refractivity contribution in [2.75, 3.05) is 25.5 Å². The molecule has 0 saturated carbocycles. The number of amides is 3. The first-order valence-electron chi connectivity index (χ1n) is 8.40. The predicted octanol–water partition coefficient (Wildman–Crippen LogP) is 2.25. The molecule has 1 aromatic rings. The van der Waals surface area contributed by atoms with Gasteiger partial charge in [0.1, 0.15) is 0 Å². The highest BCUT2D eigenvalue weighted by Crippen LogP contribution is 2.19. The number of aryl methyl sites for hydroxylation is 2. The SMILES string of the molecule is Cc1cccc(C)c1NC(=O)CN(C)C(=O)CCNC(=O)C(C)(C)C. The Bertz CT molecular complexity index is 628. The number of nitrogens with zero attached hydrogens (tertiary/aromatic N) is 1. The summed E-state index contributed by atoms with van der Waals surface area (Å²) in [7, 11) is 1.58. The molecule has 25 heavy (non-hydrogen) atoms. The van der Waals surface area contributed by atoms with Gasteiger partial charge in [-0.2, -0.15) is 0 Å². The lowest BCUT2D eigenvalue weighted by Crippen LogP contribution is -2.39. The van der Waals surface area contributed by atoms with E-state index < -0.39 is 5.41 Å². The van der Waals surface area contributed by atoms with Crippen LogP contribution in [0.2, 0.25) is 0 Å². The van der Waals surface area contributed by atoms with Crippen LogP contribution in [0, 0.1) is 19.3 Å². The van der Waals surface area contributed by atoms with Crippen LogP contribution in [0.25, 0.3) is 0 Å². The summed E-state index contributed by atoms with van der Waals surface area (Å²) >= 11 is 0. The molecule has 0 aliphatic heterocycles. The van der Waals surface area contributed by atoms with Gasteiger partial charge >= 0.3 is 0 Å². The molecule has 0 heterocycles. The van der Waals surface area contributed by atoms with E-state index in [1.54, 1.807) is 7.05 Å². The van der Waals surface area contributed by atoms with Gasteiger partial charge in [0.05, 0.1) is 6.54 Å². The van der Waals surface area contributed by atoms with Crippen LogP contribution in [-0.2, 0) is 14.4 Å². The Morgan fingerprint density at radius 3 is 2.16 bits per heavy atom. The number of hydrogen-bond donors (Lipinski definition) is 2. The van der Waals surface area contributed by atoms with Crippen molar-refractivity contribution in [3.05, 3.63) is 29.3 Å². The van der Waals surface area contributed by atoms with Gasteiger partial charge in [-0.25, -0.2) is 0 Å². The Morgan fingerprint density at radius 2 is 1.64 bits per heavy atom. The highest BCUT2D eigenvalue weighted by molar-refractivity contribution is 5.95. The van der Waals surface area contributed by atoms with Gasteiger partial charge in [-0.05, 0) is 25.0 Å². The van der Waals surface area contributed by atoms with Gasteiger partial charge in [0.15, 0.2) is 0 Å². The second-order valence-corrected chi connectivity index (χ2v) is 7.32. The van der Waals surface area contributed by atoms with Crippen LogP contribution >= 0.6 is 0 Å². The average molecular weight is 347 g/mol. The lowest BCUT2D eigenvalue weighted by Gasteiger charge is -2.20. The quantitative estimate of drug-likeness (QED) is 0.828. The van der Waals surface area contributed by atoms with Gasteiger partial charge in [0, 0.05) is 31.1 Å². The first-order valence-corrected chi connectivity index (χ1v) is 8.40. The number of nitrogens with one attached hydrogen (secondary N) is 2. The largest absolute Gasteiger partial charge is 0.355 e. The summed E-state index contributed by atoms with van der Waals surface area (Å²) in [5.74, 6) is -0.534. The molecule has 0 saturated heterocycles. The second-order valence-electron chi connectivity index (χ2n) is 7.32. The number of likely N-dealkylation sites (N-methyl/N-ethyl adjacent to an activating group) is 1. The van der Waals surface area contributed by atoms with Crippen LogP contribution in [-0.4, -0.2) is 42.8 Å². The Labute approximate surface area is 150 Å².